The quantitative estimate of drug-likeness (QED) is 0.799. The maximum Gasteiger partial charge on any atom is 0.288 e. The van der Waals surface area contributed by atoms with Gasteiger partial charge in [0.2, 0.25) is 0 Å². The van der Waals surface area contributed by atoms with Crippen LogP contribution in [0.2, 0.25) is 0 Å². The van der Waals surface area contributed by atoms with Crippen LogP contribution in [0.25, 0.3) is 0 Å². The van der Waals surface area contributed by atoms with Gasteiger partial charge in [0.25, 0.3) is 11.7 Å². The van der Waals surface area contributed by atoms with Crippen LogP contribution in [0.15, 0.2) is 47.4 Å². The predicted molar refractivity (Wildman–Crippen MR) is 85.8 cm³/mol. The van der Waals surface area contributed by atoms with Crippen molar-refractivity contribution < 1.29 is 23.0 Å². The number of hydrogen-bond acceptors (Lipinski definition) is 4. The van der Waals surface area contributed by atoms with Crippen LogP contribution in [-0.2, 0) is 0 Å². The Labute approximate surface area is 136 Å². The van der Waals surface area contributed by atoms with Gasteiger partial charge in [0, 0.05) is 4.90 Å². The maximum absolute atomic E-state index is 12.6. The van der Waals surface area contributed by atoms with E-state index in [1.165, 1.54) is 20.3 Å². The van der Waals surface area contributed by atoms with E-state index in [1.807, 2.05) is 0 Å². The summed E-state index contributed by atoms with van der Waals surface area (Å²) in [7, 11) is 2.89. The van der Waals surface area contributed by atoms with Crippen molar-refractivity contribution in [2.45, 2.75) is 10.7 Å². The Morgan fingerprint density at radius 2 is 1.83 bits per heavy atom. The van der Waals surface area contributed by atoms with Crippen molar-refractivity contribution in [3.8, 4) is 11.5 Å². The third-order valence-electron chi connectivity index (χ3n) is 3.00. The molecule has 0 bridgehead atoms. The van der Waals surface area contributed by atoms with Crippen LogP contribution in [0.4, 0.5) is 14.5 Å². The Kier molecular flexibility index (Phi) is 5.81. The van der Waals surface area contributed by atoms with Gasteiger partial charge in [0.05, 0.1) is 25.5 Å². The molecular weight excluding hydrogens is 324 g/mol. The molecule has 122 valence electrons. The average molecular weight is 339 g/mol. The van der Waals surface area contributed by atoms with Crippen LogP contribution in [0, 0.1) is 0 Å². The van der Waals surface area contributed by atoms with Gasteiger partial charge in [-0.25, -0.2) is 0 Å². The standard InChI is InChI=1S/C16H15F2NO3S/c1-21-12-8-5-6-10(14(12)22-2)15(20)19-11-7-3-4-9-13(11)23-16(17)18/h3-9,16H,1-2H3,(H,19,20). The van der Waals surface area contributed by atoms with Crippen LogP contribution >= 0.6 is 11.8 Å². The van der Waals surface area contributed by atoms with Crippen LogP contribution in [0.1, 0.15) is 10.4 Å². The van der Waals surface area contributed by atoms with Gasteiger partial charge in [-0.05, 0) is 24.3 Å². The lowest BCUT2D eigenvalue weighted by atomic mass is 10.1. The van der Waals surface area contributed by atoms with E-state index in [0.717, 1.165) is 0 Å². The van der Waals surface area contributed by atoms with Gasteiger partial charge >= 0.3 is 0 Å². The number of benzene rings is 2. The van der Waals surface area contributed by atoms with E-state index < -0.39 is 11.7 Å². The van der Waals surface area contributed by atoms with Gasteiger partial charge in [-0.1, -0.05) is 30.0 Å². The third-order valence-corrected chi connectivity index (χ3v) is 3.79. The molecule has 0 aliphatic rings. The molecule has 0 saturated carbocycles. The fourth-order valence-corrected chi connectivity index (χ4v) is 2.62. The fraction of sp³-hybridized carbons (Fsp3) is 0.188. The number of nitrogens with one attached hydrogen (secondary N) is 1. The number of halogens is 2. The molecule has 0 radical (unpaired) electrons. The molecule has 2 aromatic rings. The number of thioether (sulfide) groups is 1. The number of ether oxygens (including phenoxy) is 2. The van der Waals surface area contributed by atoms with Gasteiger partial charge < -0.3 is 14.8 Å². The van der Waals surface area contributed by atoms with E-state index in [0.29, 0.717) is 23.2 Å². The summed E-state index contributed by atoms with van der Waals surface area (Å²) in [5.74, 6) is -2.34. The molecule has 0 atom stereocenters. The van der Waals surface area contributed by atoms with Gasteiger partial charge in [-0.3, -0.25) is 4.79 Å². The van der Waals surface area contributed by atoms with E-state index in [-0.39, 0.29) is 16.2 Å². The van der Waals surface area contributed by atoms with Crippen LogP contribution in [0.3, 0.4) is 0 Å². The first kappa shape index (κ1) is 17.1. The van der Waals surface area contributed by atoms with Crippen molar-refractivity contribution in [2.24, 2.45) is 0 Å². The van der Waals surface area contributed by atoms with E-state index in [4.69, 9.17) is 9.47 Å². The minimum absolute atomic E-state index is 0.253. The number of anilines is 1. The van der Waals surface area contributed by atoms with Crippen molar-refractivity contribution in [3.63, 3.8) is 0 Å². The molecule has 23 heavy (non-hydrogen) atoms. The van der Waals surface area contributed by atoms with Crippen molar-refractivity contribution in [3.05, 3.63) is 48.0 Å². The molecule has 0 aliphatic carbocycles. The molecule has 0 aromatic heterocycles. The van der Waals surface area contributed by atoms with Crippen molar-refractivity contribution >= 4 is 23.4 Å². The summed E-state index contributed by atoms with van der Waals surface area (Å²) in [4.78, 5) is 12.7. The number of alkyl halides is 2. The monoisotopic (exact) mass is 339 g/mol. The molecule has 7 heteroatoms. The normalized spacial score (nSPS) is 10.5. The highest BCUT2D eigenvalue weighted by atomic mass is 32.2. The average Bonchev–Trinajstić information content (AvgIpc) is 2.55. The SMILES string of the molecule is COc1cccc(C(=O)Nc2ccccc2SC(F)F)c1OC. The summed E-state index contributed by atoms with van der Waals surface area (Å²) in [6.07, 6.45) is 0. The first-order valence-corrected chi connectivity index (χ1v) is 7.51. The minimum Gasteiger partial charge on any atom is -0.493 e. The second-order valence-electron chi connectivity index (χ2n) is 4.37. The van der Waals surface area contributed by atoms with E-state index in [9.17, 15) is 13.6 Å². The van der Waals surface area contributed by atoms with E-state index in [2.05, 4.69) is 5.32 Å². The van der Waals surface area contributed by atoms with Gasteiger partial charge in [0.15, 0.2) is 11.5 Å². The topological polar surface area (TPSA) is 47.6 Å². The third kappa shape index (κ3) is 4.13. The molecule has 0 aliphatic heterocycles. The zero-order chi connectivity index (χ0) is 16.8. The van der Waals surface area contributed by atoms with Crippen LogP contribution < -0.4 is 14.8 Å². The van der Waals surface area contributed by atoms with Crippen LogP contribution in [-0.4, -0.2) is 25.9 Å². The van der Waals surface area contributed by atoms with E-state index >= 15 is 0 Å². The van der Waals surface area contributed by atoms with Gasteiger partial charge in [-0.15, -0.1) is 0 Å². The summed E-state index contributed by atoms with van der Waals surface area (Å²) in [5, 5.41) is 2.63. The molecule has 0 heterocycles. The number of methoxy groups -OCH3 is 2. The molecule has 2 aromatic carbocycles. The Morgan fingerprint density at radius 1 is 1.09 bits per heavy atom. The lowest BCUT2D eigenvalue weighted by Crippen LogP contribution is -2.14. The first-order chi connectivity index (χ1) is 11.1. The summed E-state index contributed by atoms with van der Waals surface area (Å²) in [6, 6.07) is 11.3. The molecule has 1 N–H and O–H groups in total. The highest BCUT2D eigenvalue weighted by Crippen LogP contribution is 2.34. The Balaban J connectivity index is 2.30. The number of amides is 1. The number of carbonyl (C=O) groups excluding carboxylic acids is 1. The first-order valence-electron chi connectivity index (χ1n) is 6.63. The number of para-hydroxylation sites is 2. The van der Waals surface area contributed by atoms with Crippen LogP contribution in [0.5, 0.6) is 11.5 Å². The summed E-state index contributed by atoms with van der Waals surface area (Å²) < 4.78 is 35.5. The molecule has 0 unspecified atom stereocenters. The maximum atomic E-state index is 12.6. The van der Waals surface area contributed by atoms with Gasteiger partial charge in [0.1, 0.15) is 0 Å². The van der Waals surface area contributed by atoms with Gasteiger partial charge in [-0.2, -0.15) is 8.78 Å². The van der Waals surface area contributed by atoms with Crippen molar-refractivity contribution in [2.75, 3.05) is 19.5 Å². The zero-order valence-electron chi connectivity index (χ0n) is 12.5. The molecule has 0 spiro atoms. The lowest BCUT2D eigenvalue weighted by molar-refractivity contribution is 0.102. The number of hydrogen-bond donors (Lipinski definition) is 1. The number of rotatable bonds is 6. The van der Waals surface area contributed by atoms with E-state index in [1.54, 1.807) is 36.4 Å². The molecule has 4 nitrogen and oxygen atoms in total. The minimum atomic E-state index is -2.57. The summed E-state index contributed by atoms with van der Waals surface area (Å²) >= 11 is 0.376. The smallest absolute Gasteiger partial charge is 0.288 e. The fourth-order valence-electron chi connectivity index (χ4n) is 2.02. The molecular formula is C16H15F2NO3S. The highest BCUT2D eigenvalue weighted by Gasteiger charge is 2.18. The Morgan fingerprint density at radius 3 is 2.48 bits per heavy atom. The Bertz CT molecular complexity index is 695. The zero-order valence-corrected chi connectivity index (χ0v) is 13.3. The largest absolute Gasteiger partial charge is 0.493 e. The molecule has 2 rings (SSSR count). The summed E-state index contributed by atoms with van der Waals surface area (Å²) in [5.41, 5.74) is 0.566. The molecule has 0 saturated heterocycles. The second kappa shape index (κ2) is 7.82. The Hall–Kier alpha value is -2.28. The summed E-state index contributed by atoms with van der Waals surface area (Å²) in [6.45, 7) is 0. The highest BCUT2D eigenvalue weighted by molar-refractivity contribution is 7.99. The predicted octanol–water partition coefficient (Wildman–Crippen LogP) is 4.27. The molecule has 0 fully saturated rings. The molecule has 1 amide bonds. The van der Waals surface area contributed by atoms with Crippen molar-refractivity contribution in [1.29, 1.82) is 0 Å². The lowest BCUT2D eigenvalue weighted by Gasteiger charge is -2.14. The van der Waals surface area contributed by atoms with Crippen molar-refractivity contribution in [1.82, 2.24) is 0 Å². The second-order valence-corrected chi connectivity index (χ2v) is 5.40. The number of carbonyl (C=O) groups is 1.